The van der Waals surface area contributed by atoms with Crippen LogP contribution in [0.25, 0.3) is 101 Å². The average Bonchev–Trinajstić information content (AvgIpc) is 1.55. The zero-order chi connectivity index (χ0) is 85.9. The molecule has 5 fully saturated rings. The number of fused-ring (bicyclic) bond motifs is 8. The number of aromatic nitrogens is 18. The number of nitrogens with one attached hydrogen (secondary N) is 1. The molecule has 4 aliphatic heterocycles. The molecule has 638 valence electrons. The van der Waals surface area contributed by atoms with Gasteiger partial charge in [-0.05, 0) is 259 Å². The van der Waals surface area contributed by atoms with E-state index in [1.54, 1.807) is 55.7 Å². The SMILES string of the molecule is CCCN1CCC(c2cc(C)c3nc(-c4cc5c(C)nc(C)cn5n4)cc(=O)n3c2)CC1.Cc1cc(C2CCN(C3CCC3)CC2)cn2c(=O)cc(-c3ccc4nn(C)cc4c3)nc12.Cc1cc(C2CCN(CCO)CC2)cn2c(=O)cc(-c3ccc4nn(C)cc4c3)nc12.Cc1cn2nc(-c3cc(=O)n4cc(N5CCN[C@H](C)C5)ccc4n3)cc2c(C)n1. The molecule has 16 aromatic rings. The Bertz CT molecular complexity index is 7000. The predicted molar refractivity (Wildman–Crippen MR) is 487 cm³/mol. The number of likely N-dealkylation sites (tertiary alicyclic amines) is 3. The summed E-state index contributed by atoms with van der Waals surface area (Å²) in [4.78, 5) is 90.1. The van der Waals surface area contributed by atoms with Gasteiger partial charge in [0.05, 0.1) is 92.3 Å². The Hall–Kier alpha value is -12.3. The standard InChI is InChI=1S/C26H29N5O.C25H30N6O.C24H27N5O2.C21H23N7O/c1-17-12-20(18-8-10-30(11-9-18)22-4-3-5-22)16-31-25(32)14-24(27-26(17)31)19-6-7-23-21(13-19)15-29(2)28-23;1-5-8-29-9-6-19(7-10-29)20-11-16(2)25-27-21(13-24(32)30(25)15-20)22-12-23-18(4)26-17(3)14-31(23)28-22;1-16-11-19(17-5-7-28(8-6-17)9-10-30)15-29-23(31)13-22(25-24(16)29)18-3-4-21-20(12-18)14-27(2)26-21;1-13-10-26(7-6-22-13)16-4-5-20-24-17(9-21(29)27(20)12-16)18-8-19-15(3)23-14(2)11-28(19)25-18/h6-7,12-16,18,22H,3-5,8-11H2,1-2H3;11-15,19H,5-10H2,1-4H3;3-4,11-15,17,30H,5-10H2,1-2H3;4-5,8-9,11-13,22H,6-7,10H2,1-3H3/t;;;13-/m...1/s1. The van der Waals surface area contributed by atoms with E-state index in [9.17, 15) is 19.2 Å². The van der Waals surface area contributed by atoms with Crippen molar-refractivity contribution in [3.63, 3.8) is 0 Å². The second-order valence-corrected chi connectivity index (χ2v) is 34.9. The van der Waals surface area contributed by atoms with Gasteiger partial charge in [0.1, 0.15) is 34.0 Å². The minimum atomic E-state index is -0.113. The Morgan fingerprint density at radius 3 is 1.32 bits per heavy atom. The number of piperidine rings is 3. The van der Waals surface area contributed by atoms with Gasteiger partial charge < -0.3 is 30.0 Å². The number of hydrogen-bond donors (Lipinski definition) is 2. The van der Waals surface area contributed by atoms with Crippen LogP contribution in [0.3, 0.4) is 0 Å². The highest BCUT2D eigenvalue weighted by Crippen LogP contribution is 2.37. The van der Waals surface area contributed by atoms with Gasteiger partial charge in [0, 0.05) is 136 Å². The molecule has 5 aliphatic rings. The fraction of sp³-hybridized carbons (Fsp3) is 0.396. The summed E-state index contributed by atoms with van der Waals surface area (Å²) in [6, 6.07) is 34.1. The Morgan fingerprint density at radius 1 is 0.427 bits per heavy atom. The Labute approximate surface area is 718 Å². The third-order valence-electron chi connectivity index (χ3n) is 25.8. The molecule has 21 rings (SSSR count). The largest absolute Gasteiger partial charge is 0.395 e. The lowest BCUT2D eigenvalue weighted by Crippen LogP contribution is -2.49. The highest BCUT2D eigenvalue weighted by atomic mass is 16.3. The number of aryl methyl sites for hydroxylation is 9. The normalized spacial score (nSPS) is 16.8. The molecule has 0 amide bonds. The topological polar surface area (TPSA) is 279 Å². The van der Waals surface area contributed by atoms with E-state index < -0.39 is 0 Å². The van der Waals surface area contributed by atoms with Crippen LogP contribution in [0.4, 0.5) is 5.69 Å². The third kappa shape index (κ3) is 17.2. The number of nitrogens with zero attached hydrogens (tertiary/aromatic N) is 22. The third-order valence-corrected chi connectivity index (χ3v) is 25.8. The first kappa shape index (κ1) is 82.6. The minimum Gasteiger partial charge on any atom is -0.395 e. The van der Waals surface area contributed by atoms with Gasteiger partial charge in [-0.25, -0.2) is 29.0 Å². The number of pyridine rings is 4. The first-order chi connectivity index (χ1) is 60.0. The van der Waals surface area contributed by atoms with E-state index in [0.29, 0.717) is 74.9 Å². The fourth-order valence-corrected chi connectivity index (χ4v) is 19.1. The molecule has 28 heteroatoms. The van der Waals surface area contributed by atoms with Gasteiger partial charge in [-0.1, -0.05) is 43.7 Å². The molecule has 28 nitrogen and oxygen atoms in total. The van der Waals surface area contributed by atoms with Crippen molar-refractivity contribution in [3.05, 3.63) is 250 Å². The Morgan fingerprint density at radius 2 is 0.871 bits per heavy atom. The van der Waals surface area contributed by atoms with Crippen molar-refractivity contribution in [1.82, 2.24) is 106 Å². The lowest BCUT2D eigenvalue weighted by molar-refractivity contribution is 0.0975. The highest BCUT2D eigenvalue weighted by molar-refractivity contribution is 5.85. The molecule has 1 aliphatic carbocycles. The summed E-state index contributed by atoms with van der Waals surface area (Å²) in [7, 11) is 3.82. The van der Waals surface area contributed by atoms with E-state index in [-0.39, 0.29) is 28.8 Å². The van der Waals surface area contributed by atoms with Gasteiger partial charge in [-0.2, -0.15) is 20.4 Å². The number of piperazine rings is 1. The number of aliphatic hydroxyl groups excluding tert-OH is 1. The van der Waals surface area contributed by atoms with Gasteiger partial charge in [0.15, 0.2) is 0 Å². The first-order valence-electron chi connectivity index (χ1n) is 44.0. The molecule has 1 atom stereocenters. The average molecular weight is 1670 g/mol. The summed E-state index contributed by atoms with van der Waals surface area (Å²) in [5.41, 5.74) is 23.4. The molecule has 14 aromatic heterocycles. The number of β-amino-alcohol motifs (C(OH)–C–C–N with tert-alkyl or cyclic N) is 1. The van der Waals surface area contributed by atoms with Crippen LogP contribution in [-0.2, 0) is 14.1 Å². The number of anilines is 1. The predicted octanol–water partition coefficient (Wildman–Crippen LogP) is 12.8. The Balaban J connectivity index is 0.000000113. The van der Waals surface area contributed by atoms with E-state index >= 15 is 0 Å². The zero-order valence-electron chi connectivity index (χ0n) is 72.8. The van der Waals surface area contributed by atoms with Crippen LogP contribution in [0.5, 0.6) is 0 Å². The molecule has 0 bridgehead atoms. The van der Waals surface area contributed by atoms with Crippen LogP contribution in [-0.4, -0.2) is 197 Å². The molecule has 1 saturated carbocycles. The van der Waals surface area contributed by atoms with Crippen molar-refractivity contribution in [2.75, 3.05) is 83.5 Å². The van der Waals surface area contributed by atoms with E-state index in [1.807, 2.05) is 164 Å². The van der Waals surface area contributed by atoms with Gasteiger partial charge in [0.25, 0.3) is 22.2 Å². The summed E-state index contributed by atoms with van der Waals surface area (Å²) in [6.45, 7) is 29.8. The number of hydrogen-bond acceptors (Lipinski definition) is 20. The van der Waals surface area contributed by atoms with Gasteiger partial charge in [-0.15, -0.1) is 0 Å². The quantitative estimate of drug-likeness (QED) is 0.108. The molecule has 4 saturated heterocycles. The first-order valence-corrected chi connectivity index (χ1v) is 44.0. The van der Waals surface area contributed by atoms with Crippen LogP contribution >= 0.6 is 0 Å². The molecular formula is C96H109N23O5. The van der Waals surface area contributed by atoms with Gasteiger partial charge in [0.2, 0.25) is 0 Å². The van der Waals surface area contributed by atoms with Crippen LogP contribution in [0.15, 0.2) is 172 Å². The number of rotatable bonds is 13. The molecule has 2 N–H and O–H groups in total. The van der Waals surface area contributed by atoms with Crippen LogP contribution < -0.4 is 32.5 Å². The molecular weight excluding hydrogens is 1560 g/mol. The summed E-state index contributed by atoms with van der Waals surface area (Å²) in [6.07, 6.45) is 27.6. The molecule has 2 aromatic carbocycles. The maximum atomic E-state index is 13.1. The van der Waals surface area contributed by atoms with Crippen molar-refractivity contribution in [2.24, 2.45) is 14.1 Å². The maximum Gasteiger partial charge on any atom is 0.258 e. The molecule has 0 radical (unpaired) electrons. The zero-order valence-corrected chi connectivity index (χ0v) is 72.8. The monoisotopic (exact) mass is 1660 g/mol. The van der Waals surface area contributed by atoms with Gasteiger partial charge >= 0.3 is 0 Å². The van der Waals surface area contributed by atoms with E-state index in [2.05, 4.69) is 100 Å². The number of aliphatic hydroxyl groups is 1. The molecule has 124 heavy (non-hydrogen) atoms. The Kier molecular flexibility index (Phi) is 23.2. The molecule has 0 unspecified atom stereocenters. The minimum absolute atomic E-state index is 0.0202. The smallest absolute Gasteiger partial charge is 0.258 e. The summed E-state index contributed by atoms with van der Waals surface area (Å²) >= 11 is 0. The van der Waals surface area contributed by atoms with Crippen LogP contribution in [0.2, 0.25) is 0 Å². The lowest BCUT2D eigenvalue weighted by Gasteiger charge is -2.42. The van der Waals surface area contributed by atoms with Crippen molar-refractivity contribution in [2.45, 2.75) is 156 Å². The lowest BCUT2D eigenvalue weighted by atomic mass is 9.85. The van der Waals surface area contributed by atoms with Crippen molar-refractivity contribution >= 4 is 61.1 Å². The fourth-order valence-electron chi connectivity index (χ4n) is 19.1. The molecule has 0 spiro atoms. The molecule has 18 heterocycles. The highest BCUT2D eigenvalue weighted by Gasteiger charge is 2.31. The van der Waals surface area contributed by atoms with Crippen LogP contribution in [0, 0.1) is 48.5 Å². The van der Waals surface area contributed by atoms with E-state index in [4.69, 9.17) is 25.0 Å². The van der Waals surface area contributed by atoms with Crippen molar-refractivity contribution in [3.8, 4) is 45.3 Å². The summed E-state index contributed by atoms with van der Waals surface area (Å²) in [5, 5.41) is 32.8. The van der Waals surface area contributed by atoms with E-state index in [0.717, 1.165) is 179 Å². The summed E-state index contributed by atoms with van der Waals surface area (Å²) < 4.78 is 14.0. The summed E-state index contributed by atoms with van der Waals surface area (Å²) in [5.74, 6) is 1.45. The second kappa shape index (κ2) is 34.8. The van der Waals surface area contributed by atoms with E-state index in [1.165, 1.54) is 74.8 Å². The van der Waals surface area contributed by atoms with Crippen molar-refractivity contribution in [1.29, 1.82) is 0 Å². The second-order valence-electron chi connectivity index (χ2n) is 34.9. The van der Waals surface area contributed by atoms with Crippen LogP contribution in [0.1, 0.15) is 152 Å². The maximum absolute atomic E-state index is 13.1. The van der Waals surface area contributed by atoms with Crippen molar-refractivity contribution < 1.29 is 5.11 Å². The number of benzene rings is 2. The van der Waals surface area contributed by atoms with Gasteiger partial charge in [-0.3, -0.25) is 56.1 Å².